The molecule has 0 spiro atoms. The molecular formula is C13H7BrFIO. The third-order valence-corrected chi connectivity index (χ3v) is 3.66. The Morgan fingerprint density at radius 3 is 2.35 bits per heavy atom. The van der Waals surface area contributed by atoms with Crippen LogP contribution in [0.2, 0.25) is 0 Å². The molecule has 0 aliphatic carbocycles. The van der Waals surface area contributed by atoms with E-state index >= 15 is 0 Å². The average molecular weight is 405 g/mol. The van der Waals surface area contributed by atoms with Gasteiger partial charge in [0.05, 0.1) is 0 Å². The van der Waals surface area contributed by atoms with Crippen molar-refractivity contribution in [1.82, 2.24) is 0 Å². The van der Waals surface area contributed by atoms with E-state index in [-0.39, 0.29) is 11.6 Å². The minimum absolute atomic E-state index is 0.117. The summed E-state index contributed by atoms with van der Waals surface area (Å²) in [5.74, 6) is -0.482. The summed E-state index contributed by atoms with van der Waals surface area (Å²) in [6, 6.07) is 11.3. The molecule has 0 saturated heterocycles. The SMILES string of the molecule is O=C(c1ccc(I)cc1)c1ccc(F)cc1Br. The number of carbonyl (C=O) groups is 1. The van der Waals surface area contributed by atoms with Gasteiger partial charge in [-0.05, 0) is 81.0 Å². The van der Waals surface area contributed by atoms with Gasteiger partial charge in [0.1, 0.15) is 5.82 Å². The molecular weight excluding hydrogens is 398 g/mol. The van der Waals surface area contributed by atoms with E-state index in [0.717, 1.165) is 3.57 Å². The second-order valence-electron chi connectivity index (χ2n) is 3.46. The lowest BCUT2D eigenvalue weighted by Gasteiger charge is -2.04. The van der Waals surface area contributed by atoms with Crippen molar-refractivity contribution in [1.29, 1.82) is 0 Å². The fraction of sp³-hybridized carbons (Fsp3) is 0. The van der Waals surface area contributed by atoms with E-state index in [1.807, 2.05) is 12.1 Å². The van der Waals surface area contributed by atoms with Crippen molar-refractivity contribution in [2.24, 2.45) is 0 Å². The standard InChI is InChI=1S/C13H7BrFIO/c14-12-7-9(15)3-6-11(12)13(17)8-1-4-10(16)5-2-8/h1-7H. The molecule has 0 unspecified atom stereocenters. The normalized spacial score (nSPS) is 10.3. The Labute approximate surface area is 120 Å². The summed E-state index contributed by atoms with van der Waals surface area (Å²) in [5, 5.41) is 0. The fourth-order valence-corrected chi connectivity index (χ4v) is 2.32. The Morgan fingerprint density at radius 2 is 1.76 bits per heavy atom. The van der Waals surface area contributed by atoms with Gasteiger partial charge in [-0.2, -0.15) is 0 Å². The van der Waals surface area contributed by atoms with Crippen LogP contribution in [0.5, 0.6) is 0 Å². The maximum absolute atomic E-state index is 12.9. The van der Waals surface area contributed by atoms with Gasteiger partial charge in [0, 0.05) is 19.2 Å². The van der Waals surface area contributed by atoms with Crippen LogP contribution in [0.15, 0.2) is 46.9 Å². The van der Waals surface area contributed by atoms with Crippen LogP contribution in [-0.2, 0) is 0 Å². The first kappa shape index (κ1) is 12.7. The van der Waals surface area contributed by atoms with E-state index < -0.39 is 0 Å². The lowest BCUT2D eigenvalue weighted by atomic mass is 10.0. The highest BCUT2D eigenvalue weighted by molar-refractivity contribution is 14.1. The molecule has 0 aromatic heterocycles. The van der Waals surface area contributed by atoms with Crippen molar-refractivity contribution < 1.29 is 9.18 Å². The predicted molar refractivity (Wildman–Crippen MR) is 76.7 cm³/mol. The highest BCUT2D eigenvalue weighted by Crippen LogP contribution is 2.21. The molecule has 0 saturated carbocycles. The van der Waals surface area contributed by atoms with Gasteiger partial charge in [-0.1, -0.05) is 0 Å². The van der Waals surface area contributed by atoms with Gasteiger partial charge < -0.3 is 0 Å². The number of ketones is 1. The van der Waals surface area contributed by atoms with Crippen LogP contribution in [0, 0.1) is 9.39 Å². The van der Waals surface area contributed by atoms with Crippen molar-refractivity contribution in [2.75, 3.05) is 0 Å². The Hall–Kier alpha value is -0.750. The maximum Gasteiger partial charge on any atom is 0.194 e. The maximum atomic E-state index is 12.9. The summed E-state index contributed by atoms with van der Waals surface area (Å²) < 4.78 is 14.5. The molecule has 1 nitrogen and oxygen atoms in total. The third-order valence-electron chi connectivity index (χ3n) is 2.28. The van der Waals surface area contributed by atoms with Crippen LogP contribution in [0.4, 0.5) is 4.39 Å². The molecule has 86 valence electrons. The van der Waals surface area contributed by atoms with E-state index in [1.54, 1.807) is 12.1 Å². The van der Waals surface area contributed by atoms with Crippen molar-refractivity contribution in [3.63, 3.8) is 0 Å². The molecule has 2 aromatic carbocycles. The molecule has 17 heavy (non-hydrogen) atoms. The van der Waals surface area contributed by atoms with Gasteiger partial charge in [0.2, 0.25) is 0 Å². The number of benzene rings is 2. The molecule has 2 aromatic rings. The summed E-state index contributed by atoms with van der Waals surface area (Å²) in [6.07, 6.45) is 0. The van der Waals surface area contributed by atoms with Crippen LogP contribution < -0.4 is 0 Å². The predicted octanol–water partition coefficient (Wildman–Crippen LogP) is 4.42. The number of carbonyl (C=O) groups excluding carboxylic acids is 1. The summed E-state index contributed by atoms with van der Waals surface area (Å²) in [7, 11) is 0. The first-order valence-electron chi connectivity index (χ1n) is 4.83. The Bertz CT molecular complexity index is 566. The lowest BCUT2D eigenvalue weighted by molar-refractivity contribution is 0.103. The van der Waals surface area contributed by atoms with Crippen molar-refractivity contribution in [3.05, 3.63) is 67.5 Å². The number of halogens is 3. The van der Waals surface area contributed by atoms with Gasteiger partial charge in [-0.25, -0.2) is 4.39 Å². The smallest absolute Gasteiger partial charge is 0.194 e. The van der Waals surface area contributed by atoms with Crippen LogP contribution in [0.25, 0.3) is 0 Å². The summed E-state index contributed by atoms with van der Waals surface area (Å²) in [6.45, 7) is 0. The first-order chi connectivity index (χ1) is 8.08. The molecule has 4 heteroatoms. The third kappa shape index (κ3) is 2.93. The van der Waals surface area contributed by atoms with Crippen LogP contribution >= 0.6 is 38.5 Å². The van der Waals surface area contributed by atoms with Crippen molar-refractivity contribution in [3.8, 4) is 0 Å². The number of hydrogen-bond donors (Lipinski definition) is 0. The van der Waals surface area contributed by atoms with E-state index in [1.165, 1.54) is 18.2 Å². The first-order valence-corrected chi connectivity index (χ1v) is 6.70. The monoisotopic (exact) mass is 404 g/mol. The van der Waals surface area contributed by atoms with Gasteiger partial charge in [0.15, 0.2) is 5.78 Å². The fourth-order valence-electron chi connectivity index (χ4n) is 1.43. The molecule has 0 aliphatic heterocycles. The quantitative estimate of drug-likeness (QED) is 0.534. The van der Waals surface area contributed by atoms with E-state index in [9.17, 15) is 9.18 Å². The molecule has 0 heterocycles. The van der Waals surface area contributed by atoms with E-state index in [4.69, 9.17) is 0 Å². The lowest BCUT2D eigenvalue weighted by Crippen LogP contribution is -2.02. The van der Waals surface area contributed by atoms with Crippen molar-refractivity contribution >= 4 is 44.3 Å². The molecule has 0 N–H and O–H groups in total. The largest absolute Gasteiger partial charge is 0.289 e. The van der Waals surface area contributed by atoms with Crippen molar-refractivity contribution in [2.45, 2.75) is 0 Å². The van der Waals surface area contributed by atoms with E-state index in [2.05, 4.69) is 38.5 Å². The summed E-state index contributed by atoms with van der Waals surface area (Å²) >= 11 is 5.37. The average Bonchev–Trinajstić information content (AvgIpc) is 2.29. The highest BCUT2D eigenvalue weighted by Gasteiger charge is 2.12. The van der Waals surface area contributed by atoms with Gasteiger partial charge in [-0.15, -0.1) is 0 Å². The van der Waals surface area contributed by atoms with Crippen LogP contribution in [0.3, 0.4) is 0 Å². The van der Waals surface area contributed by atoms with Gasteiger partial charge in [-0.3, -0.25) is 4.79 Å². The Balaban J connectivity index is 2.40. The van der Waals surface area contributed by atoms with Crippen LogP contribution in [0.1, 0.15) is 15.9 Å². The topological polar surface area (TPSA) is 17.1 Å². The second kappa shape index (κ2) is 5.27. The molecule has 0 atom stereocenters. The molecule has 0 aliphatic rings. The van der Waals surface area contributed by atoms with E-state index in [0.29, 0.717) is 15.6 Å². The zero-order chi connectivity index (χ0) is 12.4. The summed E-state index contributed by atoms with van der Waals surface area (Å²) in [5.41, 5.74) is 1.06. The molecule has 0 bridgehead atoms. The van der Waals surface area contributed by atoms with Gasteiger partial charge >= 0.3 is 0 Å². The van der Waals surface area contributed by atoms with Crippen LogP contribution in [-0.4, -0.2) is 5.78 Å². The zero-order valence-corrected chi connectivity index (χ0v) is 12.3. The molecule has 0 radical (unpaired) electrons. The zero-order valence-electron chi connectivity index (χ0n) is 8.58. The second-order valence-corrected chi connectivity index (χ2v) is 5.56. The molecule has 2 rings (SSSR count). The molecule has 0 amide bonds. The Kier molecular flexibility index (Phi) is 3.93. The Morgan fingerprint density at radius 1 is 1.12 bits per heavy atom. The number of hydrogen-bond acceptors (Lipinski definition) is 1. The minimum atomic E-state index is -0.365. The summed E-state index contributed by atoms with van der Waals surface area (Å²) in [4.78, 5) is 12.1. The highest BCUT2D eigenvalue weighted by atomic mass is 127. The van der Waals surface area contributed by atoms with Gasteiger partial charge in [0.25, 0.3) is 0 Å². The number of rotatable bonds is 2. The minimum Gasteiger partial charge on any atom is -0.289 e. The molecule has 0 fully saturated rings.